The minimum Gasteiger partial charge on any atom is -0.349 e. The van der Waals surface area contributed by atoms with Gasteiger partial charge in [0.2, 0.25) is 0 Å². The SMILES string of the molecule is CC[C@@H](C)NC(=O)c1c2nc3ccccc3nc2n2c1[nH]c(=O)c1ccccc12. The molecule has 1 atom stereocenters. The monoisotopic (exact) mass is 385 g/mol. The van der Waals surface area contributed by atoms with Crippen molar-refractivity contribution >= 4 is 44.7 Å². The molecule has 0 saturated heterocycles. The van der Waals surface area contributed by atoms with Gasteiger partial charge in [0, 0.05) is 6.04 Å². The summed E-state index contributed by atoms with van der Waals surface area (Å²) in [5.41, 5.74) is 3.60. The number of rotatable bonds is 3. The molecule has 2 aromatic carbocycles. The average molecular weight is 385 g/mol. The summed E-state index contributed by atoms with van der Waals surface area (Å²) in [5, 5.41) is 3.52. The number of hydrogen-bond acceptors (Lipinski definition) is 4. The first-order valence-corrected chi connectivity index (χ1v) is 9.61. The quantitative estimate of drug-likeness (QED) is 0.498. The zero-order valence-corrected chi connectivity index (χ0v) is 16.1. The van der Waals surface area contributed by atoms with Gasteiger partial charge in [0.25, 0.3) is 11.5 Å². The van der Waals surface area contributed by atoms with Crippen LogP contribution in [0.5, 0.6) is 0 Å². The van der Waals surface area contributed by atoms with Crippen LogP contribution in [0, 0.1) is 0 Å². The molecule has 0 aliphatic rings. The van der Waals surface area contributed by atoms with Gasteiger partial charge in [-0.05, 0) is 37.6 Å². The summed E-state index contributed by atoms with van der Waals surface area (Å²) >= 11 is 0. The first-order chi connectivity index (χ1) is 14.1. The summed E-state index contributed by atoms with van der Waals surface area (Å²) < 4.78 is 1.82. The average Bonchev–Trinajstić information content (AvgIpc) is 3.05. The Morgan fingerprint density at radius 3 is 2.55 bits per heavy atom. The molecular formula is C22H19N5O2. The molecule has 5 aromatic rings. The molecule has 3 heterocycles. The van der Waals surface area contributed by atoms with Crippen molar-refractivity contribution in [2.45, 2.75) is 26.3 Å². The molecule has 0 bridgehead atoms. The molecule has 0 unspecified atom stereocenters. The Hall–Kier alpha value is -3.74. The van der Waals surface area contributed by atoms with E-state index in [1.807, 2.05) is 60.7 Å². The second kappa shape index (κ2) is 6.41. The topological polar surface area (TPSA) is 92.2 Å². The number of carbonyl (C=O) groups is 1. The van der Waals surface area contributed by atoms with Gasteiger partial charge in [0.15, 0.2) is 5.65 Å². The highest BCUT2D eigenvalue weighted by molar-refractivity contribution is 6.13. The number of aromatic nitrogens is 4. The first-order valence-electron chi connectivity index (χ1n) is 9.61. The summed E-state index contributed by atoms with van der Waals surface area (Å²) in [4.78, 5) is 38.3. The molecule has 0 saturated carbocycles. The van der Waals surface area contributed by atoms with E-state index in [0.717, 1.165) is 11.9 Å². The van der Waals surface area contributed by atoms with Gasteiger partial charge in [-0.25, -0.2) is 9.97 Å². The van der Waals surface area contributed by atoms with Crippen molar-refractivity contribution in [3.63, 3.8) is 0 Å². The Morgan fingerprint density at radius 1 is 1.10 bits per heavy atom. The Kier molecular flexibility index (Phi) is 3.84. The molecule has 7 heteroatoms. The molecule has 0 aliphatic heterocycles. The standard InChI is InChI=1S/C22H19N5O2/c1-3-12(2)23-22(29)17-18-20(25-15-10-6-5-9-14(15)24-18)27-16-11-7-4-8-13(16)21(28)26-19(17)27/h4-12H,3H2,1-2H3,(H,23,29)(H,26,28)/t12-/m1/s1. The van der Waals surface area contributed by atoms with Gasteiger partial charge < -0.3 is 10.3 Å². The van der Waals surface area contributed by atoms with Crippen molar-refractivity contribution in [3.05, 3.63) is 64.4 Å². The van der Waals surface area contributed by atoms with Crippen LogP contribution in [0.4, 0.5) is 0 Å². The van der Waals surface area contributed by atoms with Gasteiger partial charge in [-0.2, -0.15) is 0 Å². The van der Waals surface area contributed by atoms with Crippen LogP contribution >= 0.6 is 0 Å². The van der Waals surface area contributed by atoms with Gasteiger partial charge in [0.05, 0.1) is 21.9 Å². The van der Waals surface area contributed by atoms with Gasteiger partial charge >= 0.3 is 0 Å². The largest absolute Gasteiger partial charge is 0.349 e. The zero-order chi connectivity index (χ0) is 20.1. The Bertz CT molecular complexity index is 1480. The van der Waals surface area contributed by atoms with E-state index in [9.17, 15) is 9.59 Å². The summed E-state index contributed by atoms with van der Waals surface area (Å²) in [6.45, 7) is 3.95. The van der Waals surface area contributed by atoms with Crippen LogP contribution in [0.3, 0.4) is 0 Å². The van der Waals surface area contributed by atoms with Crippen LogP contribution in [0.2, 0.25) is 0 Å². The van der Waals surface area contributed by atoms with Crippen molar-refractivity contribution in [3.8, 4) is 0 Å². The molecule has 0 fully saturated rings. The van der Waals surface area contributed by atoms with Gasteiger partial charge in [-0.15, -0.1) is 0 Å². The molecule has 29 heavy (non-hydrogen) atoms. The Balaban J connectivity index is 1.99. The number of carbonyl (C=O) groups excluding carboxylic acids is 1. The molecule has 0 spiro atoms. The lowest BCUT2D eigenvalue weighted by atomic mass is 10.2. The van der Waals surface area contributed by atoms with Crippen LogP contribution < -0.4 is 10.9 Å². The first kappa shape index (κ1) is 17.4. The maximum absolute atomic E-state index is 13.2. The fraction of sp³-hybridized carbons (Fsp3) is 0.182. The van der Waals surface area contributed by atoms with Gasteiger partial charge in [-0.1, -0.05) is 31.2 Å². The minimum atomic E-state index is -0.276. The van der Waals surface area contributed by atoms with Crippen molar-refractivity contribution in [1.82, 2.24) is 24.7 Å². The Morgan fingerprint density at radius 2 is 1.79 bits per heavy atom. The molecule has 0 radical (unpaired) electrons. The maximum atomic E-state index is 13.2. The predicted octanol–water partition coefficient (Wildman–Crippen LogP) is 3.41. The van der Waals surface area contributed by atoms with E-state index in [4.69, 9.17) is 9.97 Å². The molecule has 144 valence electrons. The van der Waals surface area contributed by atoms with Crippen LogP contribution in [0.1, 0.15) is 30.6 Å². The lowest BCUT2D eigenvalue weighted by molar-refractivity contribution is 0.0942. The van der Waals surface area contributed by atoms with Crippen LogP contribution in [-0.2, 0) is 0 Å². The summed E-state index contributed by atoms with van der Waals surface area (Å²) in [7, 11) is 0. The molecule has 7 nitrogen and oxygen atoms in total. The highest BCUT2D eigenvalue weighted by atomic mass is 16.2. The van der Waals surface area contributed by atoms with Gasteiger partial charge in [-0.3, -0.25) is 14.0 Å². The summed E-state index contributed by atoms with van der Waals surface area (Å²) in [6, 6.07) is 14.8. The van der Waals surface area contributed by atoms with E-state index in [1.54, 1.807) is 6.07 Å². The lowest BCUT2D eigenvalue weighted by Gasteiger charge is -2.11. The van der Waals surface area contributed by atoms with Crippen molar-refractivity contribution in [2.24, 2.45) is 0 Å². The number of nitrogens with zero attached hydrogens (tertiary/aromatic N) is 3. The van der Waals surface area contributed by atoms with Gasteiger partial charge in [0.1, 0.15) is 16.7 Å². The Labute approximate surface area is 165 Å². The molecular weight excluding hydrogens is 366 g/mol. The second-order valence-corrected chi connectivity index (χ2v) is 7.20. The highest BCUT2D eigenvalue weighted by Crippen LogP contribution is 2.27. The molecule has 0 aliphatic carbocycles. The number of H-pyrrole nitrogens is 1. The molecule has 3 aromatic heterocycles. The molecule has 5 rings (SSSR count). The van der Waals surface area contributed by atoms with Crippen LogP contribution in [0.15, 0.2) is 53.3 Å². The third-order valence-corrected chi connectivity index (χ3v) is 5.30. The smallest absolute Gasteiger partial charge is 0.258 e. The van der Waals surface area contributed by atoms with Crippen LogP contribution in [0.25, 0.3) is 38.7 Å². The minimum absolute atomic E-state index is 0.00639. The molecule has 2 N–H and O–H groups in total. The number of fused-ring (bicyclic) bond motifs is 6. The highest BCUT2D eigenvalue weighted by Gasteiger charge is 2.24. The van der Waals surface area contributed by atoms with Crippen molar-refractivity contribution in [2.75, 3.05) is 0 Å². The van der Waals surface area contributed by atoms with E-state index >= 15 is 0 Å². The van der Waals surface area contributed by atoms with E-state index in [1.165, 1.54) is 0 Å². The van der Waals surface area contributed by atoms with Crippen LogP contribution in [-0.4, -0.2) is 31.3 Å². The van der Waals surface area contributed by atoms with E-state index < -0.39 is 0 Å². The van der Waals surface area contributed by atoms with E-state index in [-0.39, 0.29) is 17.5 Å². The zero-order valence-electron chi connectivity index (χ0n) is 16.1. The summed E-state index contributed by atoms with van der Waals surface area (Å²) in [6.07, 6.45) is 0.795. The van der Waals surface area contributed by atoms with E-state index in [2.05, 4.69) is 10.3 Å². The van der Waals surface area contributed by atoms with E-state index in [0.29, 0.717) is 38.8 Å². The predicted molar refractivity (Wildman–Crippen MR) is 113 cm³/mol. The number of aromatic amines is 1. The normalized spacial score (nSPS) is 12.8. The lowest BCUT2D eigenvalue weighted by Crippen LogP contribution is -2.32. The molecule has 1 amide bonds. The fourth-order valence-electron chi connectivity index (χ4n) is 3.65. The maximum Gasteiger partial charge on any atom is 0.258 e. The summed E-state index contributed by atoms with van der Waals surface area (Å²) in [5.74, 6) is -0.276. The fourth-order valence-corrected chi connectivity index (χ4v) is 3.65. The number of benzene rings is 2. The number of hydrogen-bond donors (Lipinski definition) is 2. The second-order valence-electron chi connectivity index (χ2n) is 7.20. The number of para-hydroxylation sites is 3. The third kappa shape index (κ3) is 2.58. The van der Waals surface area contributed by atoms with Crippen molar-refractivity contribution < 1.29 is 4.79 Å². The van der Waals surface area contributed by atoms with Crippen molar-refractivity contribution in [1.29, 1.82) is 0 Å². The number of nitrogens with one attached hydrogen (secondary N) is 2. The number of amides is 1. The third-order valence-electron chi connectivity index (χ3n) is 5.30.